The van der Waals surface area contributed by atoms with E-state index in [0.717, 1.165) is 18.4 Å². The molecule has 1 unspecified atom stereocenters. The SMILES string of the molecule is C=CCC(CC(=C)C)C(=O)CC(C)(C)C. The van der Waals surface area contributed by atoms with E-state index in [9.17, 15) is 4.79 Å². The van der Waals surface area contributed by atoms with Crippen LogP contribution in [0.15, 0.2) is 24.8 Å². The van der Waals surface area contributed by atoms with E-state index in [1.807, 2.05) is 13.0 Å². The number of allylic oxidation sites excluding steroid dienone is 2. The Morgan fingerprint density at radius 3 is 2.27 bits per heavy atom. The molecule has 0 aliphatic heterocycles. The molecular weight excluding hydrogens is 184 g/mol. The van der Waals surface area contributed by atoms with Crippen LogP contribution in [0, 0.1) is 11.3 Å². The van der Waals surface area contributed by atoms with Gasteiger partial charge in [-0.2, -0.15) is 0 Å². The summed E-state index contributed by atoms with van der Waals surface area (Å²) in [6.07, 6.45) is 4.02. The molecule has 0 heterocycles. The summed E-state index contributed by atoms with van der Waals surface area (Å²) in [5.41, 5.74) is 1.15. The number of hydrogen-bond acceptors (Lipinski definition) is 1. The number of rotatable bonds is 6. The fourth-order valence-electron chi connectivity index (χ4n) is 1.62. The zero-order chi connectivity index (χ0) is 12.1. The smallest absolute Gasteiger partial charge is 0.137 e. The van der Waals surface area contributed by atoms with Gasteiger partial charge in [-0.05, 0) is 25.2 Å². The van der Waals surface area contributed by atoms with Crippen LogP contribution in [0.5, 0.6) is 0 Å². The number of ketones is 1. The average molecular weight is 208 g/mol. The summed E-state index contributed by atoms with van der Waals surface area (Å²) in [6.45, 7) is 15.8. The highest BCUT2D eigenvalue weighted by Gasteiger charge is 2.22. The van der Waals surface area contributed by atoms with Gasteiger partial charge in [0.25, 0.3) is 0 Å². The van der Waals surface area contributed by atoms with E-state index < -0.39 is 0 Å². The third-order valence-electron chi connectivity index (χ3n) is 2.21. The van der Waals surface area contributed by atoms with Gasteiger partial charge < -0.3 is 0 Å². The van der Waals surface area contributed by atoms with Crippen molar-refractivity contribution in [2.24, 2.45) is 11.3 Å². The van der Waals surface area contributed by atoms with Crippen molar-refractivity contribution in [1.29, 1.82) is 0 Å². The summed E-state index contributed by atoms with van der Waals surface area (Å²) >= 11 is 0. The molecule has 0 spiro atoms. The Balaban J connectivity index is 4.41. The van der Waals surface area contributed by atoms with Crippen molar-refractivity contribution < 1.29 is 4.79 Å². The lowest BCUT2D eigenvalue weighted by atomic mass is 9.82. The molecule has 0 amide bonds. The number of carbonyl (C=O) groups excluding carboxylic acids is 1. The minimum Gasteiger partial charge on any atom is -0.299 e. The van der Waals surface area contributed by atoms with Gasteiger partial charge in [-0.15, -0.1) is 13.2 Å². The molecular formula is C14H24O. The van der Waals surface area contributed by atoms with Crippen LogP contribution in [-0.4, -0.2) is 5.78 Å². The van der Waals surface area contributed by atoms with Crippen LogP contribution in [0.4, 0.5) is 0 Å². The molecule has 0 aliphatic rings. The maximum atomic E-state index is 12.0. The molecule has 1 atom stereocenters. The van der Waals surface area contributed by atoms with Gasteiger partial charge in [0.05, 0.1) is 0 Å². The second-order valence-corrected chi connectivity index (χ2v) is 5.59. The Labute approximate surface area is 94.3 Å². The molecule has 15 heavy (non-hydrogen) atoms. The van der Waals surface area contributed by atoms with Crippen molar-refractivity contribution in [3.05, 3.63) is 24.8 Å². The maximum Gasteiger partial charge on any atom is 0.137 e. The van der Waals surface area contributed by atoms with Crippen molar-refractivity contribution >= 4 is 5.78 Å². The molecule has 0 bridgehead atoms. The average Bonchev–Trinajstić information content (AvgIpc) is 1.99. The Morgan fingerprint density at radius 2 is 1.93 bits per heavy atom. The van der Waals surface area contributed by atoms with E-state index in [-0.39, 0.29) is 11.3 Å². The van der Waals surface area contributed by atoms with Crippen LogP contribution in [0.1, 0.15) is 47.0 Å². The zero-order valence-corrected chi connectivity index (χ0v) is 10.6. The third kappa shape index (κ3) is 7.12. The zero-order valence-electron chi connectivity index (χ0n) is 10.6. The number of hydrogen-bond donors (Lipinski definition) is 0. The summed E-state index contributed by atoms with van der Waals surface area (Å²) in [5.74, 6) is 0.421. The fraction of sp³-hybridized carbons (Fsp3) is 0.643. The van der Waals surface area contributed by atoms with E-state index in [0.29, 0.717) is 12.2 Å². The second kappa shape index (κ2) is 5.89. The fourth-order valence-corrected chi connectivity index (χ4v) is 1.62. The standard InChI is InChI=1S/C14H24O/c1-7-8-12(9-11(2)3)13(15)10-14(4,5)6/h7,12H,1-2,8-10H2,3-6H3. The van der Waals surface area contributed by atoms with Gasteiger partial charge in [-0.25, -0.2) is 0 Å². The van der Waals surface area contributed by atoms with Crippen molar-refractivity contribution in [3.8, 4) is 0 Å². The second-order valence-electron chi connectivity index (χ2n) is 5.59. The van der Waals surface area contributed by atoms with Gasteiger partial charge in [0.1, 0.15) is 5.78 Å². The molecule has 0 saturated heterocycles. The molecule has 1 nitrogen and oxygen atoms in total. The van der Waals surface area contributed by atoms with Gasteiger partial charge in [0.2, 0.25) is 0 Å². The van der Waals surface area contributed by atoms with Crippen LogP contribution < -0.4 is 0 Å². The first-order valence-corrected chi connectivity index (χ1v) is 5.54. The van der Waals surface area contributed by atoms with Gasteiger partial charge >= 0.3 is 0 Å². The molecule has 0 fully saturated rings. The Hall–Kier alpha value is -0.850. The first-order valence-electron chi connectivity index (χ1n) is 5.54. The first-order chi connectivity index (χ1) is 6.76. The highest BCUT2D eigenvalue weighted by Crippen LogP contribution is 2.25. The van der Waals surface area contributed by atoms with Crippen LogP contribution >= 0.6 is 0 Å². The molecule has 0 aromatic heterocycles. The molecule has 0 rings (SSSR count). The van der Waals surface area contributed by atoms with Crippen molar-refractivity contribution in [3.63, 3.8) is 0 Å². The highest BCUT2D eigenvalue weighted by molar-refractivity contribution is 5.82. The maximum absolute atomic E-state index is 12.0. The topological polar surface area (TPSA) is 17.1 Å². The van der Waals surface area contributed by atoms with Gasteiger partial charge in [-0.1, -0.05) is 32.4 Å². The molecule has 0 aliphatic carbocycles. The summed E-state index contributed by atoms with van der Waals surface area (Å²) < 4.78 is 0. The highest BCUT2D eigenvalue weighted by atomic mass is 16.1. The summed E-state index contributed by atoms with van der Waals surface area (Å²) in [5, 5.41) is 0. The molecule has 0 aromatic carbocycles. The Morgan fingerprint density at radius 1 is 1.40 bits per heavy atom. The predicted octanol–water partition coefficient (Wildman–Crippen LogP) is 4.15. The monoisotopic (exact) mass is 208 g/mol. The molecule has 0 radical (unpaired) electrons. The lowest BCUT2D eigenvalue weighted by molar-refractivity contribution is -0.124. The van der Waals surface area contributed by atoms with E-state index in [2.05, 4.69) is 33.9 Å². The third-order valence-corrected chi connectivity index (χ3v) is 2.21. The largest absolute Gasteiger partial charge is 0.299 e. The van der Waals surface area contributed by atoms with E-state index in [4.69, 9.17) is 0 Å². The normalized spacial score (nSPS) is 13.3. The van der Waals surface area contributed by atoms with Crippen LogP contribution in [0.3, 0.4) is 0 Å². The lowest BCUT2D eigenvalue weighted by Gasteiger charge is -2.21. The van der Waals surface area contributed by atoms with Crippen molar-refractivity contribution in [2.75, 3.05) is 0 Å². The van der Waals surface area contributed by atoms with Crippen LogP contribution in [0.25, 0.3) is 0 Å². The number of carbonyl (C=O) groups is 1. The molecule has 0 aromatic rings. The van der Waals surface area contributed by atoms with Gasteiger partial charge in [0.15, 0.2) is 0 Å². The lowest BCUT2D eigenvalue weighted by Crippen LogP contribution is -2.20. The van der Waals surface area contributed by atoms with Gasteiger partial charge in [-0.3, -0.25) is 4.79 Å². The minimum atomic E-state index is 0.0750. The summed E-state index contributed by atoms with van der Waals surface area (Å²) in [4.78, 5) is 12.0. The molecule has 0 N–H and O–H groups in total. The summed E-state index contributed by atoms with van der Waals surface area (Å²) in [7, 11) is 0. The minimum absolute atomic E-state index is 0.0750. The van der Waals surface area contributed by atoms with Crippen molar-refractivity contribution in [1.82, 2.24) is 0 Å². The molecule has 86 valence electrons. The van der Waals surface area contributed by atoms with E-state index in [1.54, 1.807) is 0 Å². The molecule has 1 heteroatoms. The Bertz CT molecular complexity index is 243. The van der Waals surface area contributed by atoms with Crippen LogP contribution in [-0.2, 0) is 4.79 Å². The summed E-state index contributed by atoms with van der Waals surface area (Å²) in [6, 6.07) is 0. The Kier molecular flexibility index (Phi) is 5.56. The number of Topliss-reactive ketones (excluding diaryl/α,β-unsaturated/α-hetero) is 1. The first kappa shape index (κ1) is 14.2. The predicted molar refractivity (Wildman–Crippen MR) is 66.8 cm³/mol. The van der Waals surface area contributed by atoms with Crippen LogP contribution in [0.2, 0.25) is 0 Å². The molecule has 0 saturated carbocycles. The van der Waals surface area contributed by atoms with Gasteiger partial charge in [0, 0.05) is 12.3 Å². The van der Waals surface area contributed by atoms with Crippen molar-refractivity contribution in [2.45, 2.75) is 47.0 Å². The van der Waals surface area contributed by atoms with E-state index in [1.165, 1.54) is 0 Å². The van der Waals surface area contributed by atoms with E-state index >= 15 is 0 Å². The quantitative estimate of drug-likeness (QED) is 0.599.